The third-order valence-electron chi connectivity index (χ3n) is 4.08. The molecule has 1 aliphatic carbocycles. The Morgan fingerprint density at radius 1 is 1.36 bits per heavy atom. The quantitative estimate of drug-likeness (QED) is 0.746. The van der Waals surface area contributed by atoms with Gasteiger partial charge in [0.1, 0.15) is 0 Å². The Balaban J connectivity index is 1.97. The van der Waals surface area contributed by atoms with E-state index < -0.39 is 0 Å². The summed E-state index contributed by atoms with van der Waals surface area (Å²) in [6.45, 7) is 6.45. The molecule has 2 nitrogen and oxygen atoms in total. The fraction of sp³-hybridized carbons (Fsp3) is 1.00. The Bertz CT molecular complexity index is 169. The van der Waals surface area contributed by atoms with Gasteiger partial charge in [0.2, 0.25) is 0 Å². The van der Waals surface area contributed by atoms with Gasteiger partial charge in [-0.15, -0.1) is 0 Å². The molecule has 2 fully saturated rings. The second-order valence-electron chi connectivity index (χ2n) is 4.93. The fourth-order valence-corrected chi connectivity index (χ4v) is 3.14. The molecule has 2 rings (SSSR count). The summed E-state index contributed by atoms with van der Waals surface area (Å²) >= 11 is 0. The highest BCUT2D eigenvalue weighted by molar-refractivity contribution is 4.93. The monoisotopic (exact) mass is 197 g/mol. The largest absolute Gasteiger partial charge is 0.381 e. The topological polar surface area (TPSA) is 21.3 Å². The van der Waals surface area contributed by atoms with Crippen molar-refractivity contribution >= 4 is 0 Å². The van der Waals surface area contributed by atoms with Crippen LogP contribution in [-0.4, -0.2) is 26.3 Å². The number of hydrogen-bond donors (Lipinski definition) is 1. The molecule has 0 amide bonds. The van der Waals surface area contributed by atoms with Crippen LogP contribution < -0.4 is 5.32 Å². The third kappa shape index (κ3) is 1.96. The van der Waals surface area contributed by atoms with Gasteiger partial charge in [0.25, 0.3) is 0 Å². The first-order valence-corrected chi connectivity index (χ1v) is 6.16. The second-order valence-corrected chi connectivity index (χ2v) is 4.93. The normalized spacial score (nSPS) is 34.1. The Hall–Kier alpha value is -0.0800. The molecule has 82 valence electrons. The van der Waals surface area contributed by atoms with E-state index in [1.165, 1.54) is 38.6 Å². The summed E-state index contributed by atoms with van der Waals surface area (Å²) in [5.74, 6) is 0.934. The molecule has 1 aliphatic heterocycles. The van der Waals surface area contributed by atoms with Crippen molar-refractivity contribution in [1.82, 2.24) is 5.32 Å². The van der Waals surface area contributed by atoms with E-state index in [9.17, 15) is 0 Å². The highest BCUT2D eigenvalue weighted by atomic mass is 16.5. The van der Waals surface area contributed by atoms with Crippen LogP contribution in [0, 0.1) is 11.3 Å². The SMILES string of the molecule is CCNCC1(C2CCCC2)CCOC1. The standard InChI is InChI=1S/C12H23NO/c1-2-13-9-12(7-8-14-10-12)11-5-3-4-6-11/h11,13H,2-10H2,1H3. The molecule has 1 atom stereocenters. The van der Waals surface area contributed by atoms with Crippen molar-refractivity contribution in [1.29, 1.82) is 0 Å². The molecule has 0 spiro atoms. The zero-order chi connectivity index (χ0) is 9.86. The van der Waals surface area contributed by atoms with Crippen LogP contribution >= 0.6 is 0 Å². The van der Waals surface area contributed by atoms with Crippen LogP contribution in [0.2, 0.25) is 0 Å². The van der Waals surface area contributed by atoms with E-state index in [-0.39, 0.29) is 0 Å². The Morgan fingerprint density at radius 2 is 2.14 bits per heavy atom. The first-order chi connectivity index (χ1) is 6.87. The zero-order valence-electron chi connectivity index (χ0n) is 9.35. The minimum absolute atomic E-state index is 0.493. The maximum absolute atomic E-state index is 5.63. The van der Waals surface area contributed by atoms with Crippen LogP contribution in [0.5, 0.6) is 0 Å². The first kappa shape index (κ1) is 10.4. The van der Waals surface area contributed by atoms with Gasteiger partial charge in [-0.05, 0) is 31.7 Å². The molecule has 2 heteroatoms. The summed E-state index contributed by atoms with van der Waals surface area (Å²) in [7, 11) is 0. The van der Waals surface area contributed by atoms with Gasteiger partial charge >= 0.3 is 0 Å². The second kappa shape index (κ2) is 4.63. The molecular formula is C12H23NO. The zero-order valence-corrected chi connectivity index (χ0v) is 9.35. The van der Waals surface area contributed by atoms with Gasteiger partial charge in [-0.3, -0.25) is 0 Å². The van der Waals surface area contributed by atoms with Crippen molar-refractivity contribution < 1.29 is 4.74 Å². The fourth-order valence-electron chi connectivity index (χ4n) is 3.14. The predicted molar refractivity (Wildman–Crippen MR) is 58.4 cm³/mol. The maximum Gasteiger partial charge on any atom is 0.0538 e. The summed E-state index contributed by atoms with van der Waals surface area (Å²) in [6, 6.07) is 0. The molecule has 14 heavy (non-hydrogen) atoms. The van der Waals surface area contributed by atoms with E-state index in [0.29, 0.717) is 5.41 Å². The van der Waals surface area contributed by atoms with Crippen molar-refractivity contribution in [3.05, 3.63) is 0 Å². The van der Waals surface area contributed by atoms with E-state index >= 15 is 0 Å². The summed E-state index contributed by atoms with van der Waals surface area (Å²) < 4.78 is 5.63. The molecule has 2 aliphatic rings. The molecule has 0 aromatic rings. The van der Waals surface area contributed by atoms with Crippen molar-refractivity contribution in [2.45, 2.75) is 39.0 Å². The smallest absolute Gasteiger partial charge is 0.0538 e. The molecule has 1 unspecified atom stereocenters. The third-order valence-corrected chi connectivity index (χ3v) is 4.08. The molecule has 0 bridgehead atoms. The lowest BCUT2D eigenvalue weighted by molar-refractivity contribution is 0.106. The van der Waals surface area contributed by atoms with Crippen LogP contribution in [0.4, 0.5) is 0 Å². The van der Waals surface area contributed by atoms with Gasteiger partial charge in [-0.25, -0.2) is 0 Å². The summed E-state index contributed by atoms with van der Waals surface area (Å²) in [5, 5.41) is 3.53. The molecule has 1 N–H and O–H groups in total. The number of nitrogens with one attached hydrogen (secondary N) is 1. The molecule has 0 radical (unpaired) electrons. The number of hydrogen-bond acceptors (Lipinski definition) is 2. The van der Waals surface area contributed by atoms with Crippen LogP contribution in [0.15, 0.2) is 0 Å². The van der Waals surface area contributed by atoms with E-state index in [0.717, 1.165) is 25.7 Å². The first-order valence-electron chi connectivity index (χ1n) is 6.16. The van der Waals surface area contributed by atoms with E-state index in [4.69, 9.17) is 4.74 Å². The van der Waals surface area contributed by atoms with E-state index in [1.807, 2.05) is 0 Å². The molecule has 1 heterocycles. The lowest BCUT2D eigenvalue weighted by atomic mass is 9.73. The van der Waals surface area contributed by atoms with Crippen LogP contribution in [0.3, 0.4) is 0 Å². The van der Waals surface area contributed by atoms with Gasteiger partial charge in [-0.1, -0.05) is 19.8 Å². The van der Waals surface area contributed by atoms with Gasteiger partial charge < -0.3 is 10.1 Å². The Kier molecular flexibility index (Phi) is 3.45. The van der Waals surface area contributed by atoms with Crippen molar-refractivity contribution in [3.63, 3.8) is 0 Å². The predicted octanol–water partition coefficient (Wildman–Crippen LogP) is 2.19. The average molecular weight is 197 g/mol. The van der Waals surface area contributed by atoms with Crippen molar-refractivity contribution in [2.24, 2.45) is 11.3 Å². The molecule has 1 saturated heterocycles. The number of rotatable bonds is 4. The van der Waals surface area contributed by atoms with Crippen LogP contribution in [0.25, 0.3) is 0 Å². The highest BCUT2D eigenvalue weighted by Crippen LogP contribution is 2.44. The Morgan fingerprint density at radius 3 is 2.71 bits per heavy atom. The van der Waals surface area contributed by atoms with Crippen molar-refractivity contribution in [3.8, 4) is 0 Å². The highest BCUT2D eigenvalue weighted by Gasteiger charge is 2.42. The van der Waals surface area contributed by atoms with Gasteiger partial charge in [0.15, 0.2) is 0 Å². The lowest BCUT2D eigenvalue weighted by Crippen LogP contribution is -2.40. The minimum Gasteiger partial charge on any atom is -0.381 e. The summed E-state index contributed by atoms with van der Waals surface area (Å²) in [4.78, 5) is 0. The Labute approximate surface area is 87.4 Å². The van der Waals surface area contributed by atoms with Crippen molar-refractivity contribution in [2.75, 3.05) is 26.3 Å². The van der Waals surface area contributed by atoms with Gasteiger partial charge in [0.05, 0.1) is 6.61 Å². The maximum atomic E-state index is 5.63. The van der Waals surface area contributed by atoms with E-state index in [1.54, 1.807) is 0 Å². The molecule has 0 aromatic heterocycles. The van der Waals surface area contributed by atoms with Gasteiger partial charge in [0, 0.05) is 18.6 Å². The molecular weight excluding hydrogens is 174 g/mol. The molecule has 0 aromatic carbocycles. The number of ether oxygens (including phenoxy) is 1. The lowest BCUT2D eigenvalue weighted by Gasteiger charge is -2.34. The summed E-state index contributed by atoms with van der Waals surface area (Å²) in [5.41, 5.74) is 0.493. The van der Waals surface area contributed by atoms with Crippen LogP contribution in [-0.2, 0) is 4.74 Å². The van der Waals surface area contributed by atoms with Crippen LogP contribution in [0.1, 0.15) is 39.0 Å². The van der Waals surface area contributed by atoms with Gasteiger partial charge in [-0.2, -0.15) is 0 Å². The van der Waals surface area contributed by atoms with E-state index in [2.05, 4.69) is 12.2 Å². The average Bonchev–Trinajstić information content (AvgIpc) is 2.86. The summed E-state index contributed by atoms with van der Waals surface area (Å²) in [6.07, 6.45) is 7.05. The molecule has 1 saturated carbocycles. The minimum atomic E-state index is 0.493.